The molecular formula is C13H22N2O4. The van der Waals surface area contributed by atoms with Gasteiger partial charge in [0.25, 0.3) is 0 Å². The Balaban J connectivity index is 1.83. The van der Waals surface area contributed by atoms with Gasteiger partial charge in [-0.3, -0.25) is 14.6 Å². The van der Waals surface area contributed by atoms with Crippen molar-refractivity contribution in [2.75, 3.05) is 19.6 Å². The molecule has 1 amide bonds. The van der Waals surface area contributed by atoms with Gasteiger partial charge in [0.05, 0.1) is 18.5 Å². The van der Waals surface area contributed by atoms with Crippen molar-refractivity contribution >= 4 is 12.1 Å². The first-order chi connectivity index (χ1) is 8.76. The van der Waals surface area contributed by atoms with Gasteiger partial charge in [-0.25, -0.2) is 4.79 Å². The molecule has 3 aliphatic rings. The summed E-state index contributed by atoms with van der Waals surface area (Å²) in [6.07, 6.45) is 0.918. The van der Waals surface area contributed by atoms with Crippen LogP contribution in [0.15, 0.2) is 0 Å². The number of carbonyl (C=O) groups excluding carboxylic acids is 1. The van der Waals surface area contributed by atoms with E-state index in [-0.39, 0.29) is 24.6 Å². The summed E-state index contributed by atoms with van der Waals surface area (Å²) in [4.78, 5) is 26.5. The average molecular weight is 270 g/mol. The Morgan fingerprint density at radius 1 is 1.26 bits per heavy atom. The van der Waals surface area contributed by atoms with Crippen LogP contribution in [0.5, 0.6) is 0 Å². The first kappa shape index (κ1) is 14.1. The van der Waals surface area contributed by atoms with Crippen molar-refractivity contribution in [3.05, 3.63) is 0 Å². The minimum absolute atomic E-state index is 0.159. The summed E-state index contributed by atoms with van der Waals surface area (Å²) in [6.45, 7) is 7.65. The number of rotatable bonds is 3. The Morgan fingerprint density at radius 2 is 1.84 bits per heavy atom. The highest BCUT2D eigenvalue weighted by molar-refractivity contribution is 5.70. The van der Waals surface area contributed by atoms with Crippen molar-refractivity contribution in [1.82, 2.24) is 9.80 Å². The minimum Gasteiger partial charge on any atom is -0.481 e. The fourth-order valence-electron chi connectivity index (χ4n) is 2.75. The Hall–Kier alpha value is -1.30. The van der Waals surface area contributed by atoms with Gasteiger partial charge >= 0.3 is 12.1 Å². The van der Waals surface area contributed by atoms with Crippen molar-refractivity contribution < 1.29 is 19.4 Å². The predicted molar refractivity (Wildman–Crippen MR) is 69.0 cm³/mol. The molecule has 19 heavy (non-hydrogen) atoms. The SMILES string of the molecule is CC(C)(C)OC(=O)N1C2CC1CN(CCC(=O)O)C2. The number of carboxylic acids is 1. The summed E-state index contributed by atoms with van der Waals surface area (Å²) >= 11 is 0. The van der Waals surface area contributed by atoms with Crippen LogP contribution >= 0.6 is 0 Å². The molecule has 1 N–H and O–H groups in total. The second-order valence-corrected chi connectivity index (χ2v) is 6.33. The van der Waals surface area contributed by atoms with Crippen LogP contribution in [0.2, 0.25) is 0 Å². The first-order valence-corrected chi connectivity index (χ1v) is 6.72. The summed E-state index contributed by atoms with van der Waals surface area (Å²) in [5.41, 5.74) is -0.468. The number of hydrogen-bond donors (Lipinski definition) is 1. The zero-order valence-corrected chi connectivity index (χ0v) is 11.8. The lowest BCUT2D eigenvalue weighted by Crippen LogP contribution is -2.70. The lowest BCUT2D eigenvalue weighted by Gasteiger charge is -2.55. The molecule has 3 heterocycles. The number of hydrogen-bond acceptors (Lipinski definition) is 4. The Bertz CT molecular complexity index is 365. The van der Waals surface area contributed by atoms with Crippen LogP contribution in [-0.4, -0.2) is 64.3 Å². The average Bonchev–Trinajstić information content (AvgIpc) is 2.23. The van der Waals surface area contributed by atoms with Gasteiger partial charge in [-0.1, -0.05) is 0 Å². The molecule has 0 spiro atoms. The molecule has 3 aliphatic heterocycles. The van der Waals surface area contributed by atoms with Crippen LogP contribution in [0.25, 0.3) is 0 Å². The number of nitrogens with zero attached hydrogens (tertiary/aromatic N) is 2. The van der Waals surface area contributed by atoms with Crippen molar-refractivity contribution in [2.24, 2.45) is 0 Å². The van der Waals surface area contributed by atoms with Gasteiger partial charge in [0.1, 0.15) is 5.60 Å². The monoisotopic (exact) mass is 270 g/mol. The van der Waals surface area contributed by atoms with E-state index in [1.807, 2.05) is 25.7 Å². The molecule has 3 saturated heterocycles. The maximum Gasteiger partial charge on any atom is 0.410 e. The Morgan fingerprint density at radius 3 is 2.32 bits per heavy atom. The second-order valence-electron chi connectivity index (χ2n) is 6.33. The van der Waals surface area contributed by atoms with E-state index in [0.29, 0.717) is 6.54 Å². The number of fused-ring (bicyclic) bond motifs is 2. The van der Waals surface area contributed by atoms with Crippen LogP contribution in [0, 0.1) is 0 Å². The van der Waals surface area contributed by atoms with E-state index in [1.165, 1.54) is 0 Å². The van der Waals surface area contributed by atoms with Crippen LogP contribution in [0.4, 0.5) is 4.79 Å². The van der Waals surface area contributed by atoms with Crippen molar-refractivity contribution in [2.45, 2.75) is 51.3 Å². The van der Waals surface area contributed by atoms with Gasteiger partial charge in [0, 0.05) is 19.6 Å². The first-order valence-electron chi connectivity index (χ1n) is 6.72. The molecule has 0 aromatic carbocycles. The number of amides is 1. The van der Waals surface area contributed by atoms with E-state index < -0.39 is 11.6 Å². The van der Waals surface area contributed by atoms with E-state index in [2.05, 4.69) is 4.90 Å². The molecule has 0 aromatic heterocycles. The summed E-state index contributed by atoms with van der Waals surface area (Å²) in [6, 6.07) is 0.366. The minimum atomic E-state index is -0.775. The van der Waals surface area contributed by atoms with Gasteiger partial charge in [0.2, 0.25) is 0 Å². The van der Waals surface area contributed by atoms with Crippen molar-refractivity contribution in [3.8, 4) is 0 Å². The van der Waals surface area contributed by atoms with Crippen molar-refractivity contribution in [3.63, 3.8) is 0 Å². The van der Waals surface area contributed by atoms with Gasteiger partial charge in [-0.2, -0.15) is 0 Å². The zero-order chi connectivity index (χ0) is 14.2. The maximum absolute atomic E-state index is 12.0. The third-order valence-electron chi connectivity index (χ3n) is 3.52. The van der Waals surface area contributed by atoms with Crippen LogP contribution in [0.1, 0.15) is 33.6 Å². The highest BCUT2D eigenvalue weighted by atomic mass is 16.6. The normalized spacial score (nSPS) is 26.8. The fraction of sp³-hybridized carbons (Fsp3) is 0.846. The molecule has 0 aliphatic carbocycles. The lowest BCUT2D eigenvalue weighted by molar-refractivity contribution is -0.138. The lowest BCUT2D eigenvalue weighted by atomic mass is 9.88. The molecule has 0 radical (unpaired) electrons. The topological polar surface area (TPSA) is 70.1 Å². The number of piperazine rings is 1. The third-order valence-corrected chi connectivity index (χ3v) is 3.52. The van der Waals surface area contributed by atoms with Gasteiger partial charge in [-0.15, -0.1) is 0 Å². The van der Waals surface area contributed by atoms with Crippen LogP contribution < -0.4 is 0 Å². The standard InChI is InChI=1S/C13H22N2O4/c1-13(2,3)19-12(18)15-9-6-10(15)8-14(7-9)5-4-11(16)17/h9-10H,4-8H2,1-3H3,(H,16,17). The number of piperidine rings is 1. The van der Waals surface area contributed by atoms with Gasteiger partial charge in [-0.05, 0) is 27.2 Å². The van der Waals surface area contributed by atoms with Gasteiger partial charge in [0.15, 0.2) is 0 Å². The molecule has 6 heteroatoms. The maximum atomic E-state index is 12.0. The number of carbonyl (C=O) groups is 2. The quantitative estimate of drug-likeness (QED) is 0.833. The highest BCUT2D eigenvalue weighted by Crippen LogP contribution is 2.33. The largest absolute Gasteiger partial charge is 0.481 e. The molecule has 2 atom stereocenters. The number of ether oxygens (including phenoxy) is 1. The Kier molecular flexibility index (Phi) is 3.71. The van der Waals surface area contributed by atoms with Crippen LogP contribution in [0.3, 0.4) is 0 Å². The van der Waals surface area contributed by atoms with Crippen molar-refractivity contribution in [1.29, 1.82) is 0 Å². The highest BCUT2D eigenvalue weighted by Gasteiger charge is 2.48. The van der Waals surface area contributed by atoms with E-state index in [4.69, 9.17) is 9.84 Å². The summed E-state index contributed by atoms with van der Waals surface area (Å²) < 4.78 is 5.39. The van der Waals surface area contributed by atoms with E-state index >= 15 is 0 Å². The summed E-state index contributed by atoms with van der Waals surface area (Å²) in [5.74, 6) is -0.775. The van der Waals surface area contributed by atoms with E-state index in [0.717, 1.165) is 19.5 Å². The summed E-state index contributed by atoms with van der Waals surface area (Å²) in [7, 11) is 0. The molecule has 0 saturated carbocycles. The summed E-state index contributed by atoms with van der Waals surface area (Å²) in [5, 5.41) is 8.68. The molecule has 2 bridgehead atoms. The molecule has 3 fully saturated rings. The molecule has 3 rings (SSSR count). The molecular weight excluding hydrogens is 248 g/mol. The number of carboxylic acid groups (broad SMARTS) is 1. The molecule has 108 valence electrons. The van der Waals surface area contributed by atoms with Gasteiger partial charge < -0.3 is 9.84 Å². The molecule has 6 nitrogen and oxygen atoms in total. The predicted octanol–water partition coefficient (Wildman–Crippen LogP) is 1.15. The molecule has 2 unspecified atom stereocenters. The fourth-order valence-corrected chi connectivity index (χ4v) is 2.75. The second kappa shape index (κ2) is 5.00. The van der Waals surface area contributed by atoms with Crippen LogP contribution in [-0.2, 0) is 9.53 Å². The third kappa shape index (κ3) is 3.37. The van der Waals surface area contributed by atoms with E-state index in [9.17, 15) is 9.59 Å². The Labute approximate surface area is 113 Å². The smallest absolute Gasteiger partial charge is 0.410 e. The molecule has 0 aromatic rings. The zero-order valence-electron chi connectivity index (χ0n) is 11.8. The van der Waals surface area contributed by atoms with E-state index in [1.54, 1.807) is 0 Å². The number of aliphatic carboxylic acids is 1.